The molecule has 0 unspecified atom stereocenters. The summed E-state index contributed by atoms with van der Waals surface area (Å²) in [5.74, 6) is -3.03. The maximum atomic E-state index is 13.7. The van der Waals surface area contributed by atoms with Crippen LogP contribution in [0.4, 0.5) is 13.9 Å². The Morgan fingerprint density at radius 1 is 0.970 bits per heavy atom. The number of aliphatic hydroxyl groups excluding tert-OH is 1. The molecule has 3 aromatic carbocycles. The predicted octanol–water partition coefficient (Wildman–Crippen LogP) is 5.51. The average Bonchev–Trinajstić information content (AvgIpc) is 3.32. The lowest BCUT2D eigenvalue weighted by molar-refractivity contribution is -0.132. The van der Waals surface area contributed by atoms with Crippen molar-refractivity contribution in [3.05, 3.63) is 101 Å². The Balaban J connectivity index is 1.73. The van der Waals surface area contributed by atoms with Gasteiger partial charge in [-0.1, -0.05) is 53.3 Å². The van der Waals surface area contributed by atoms with Crippen molar-refractivity contribution >= 4 is 44.1 Å². The Morgan fingerprint density at radius 3 is 2.33 bits per heavy atom. The van der Waals surface area contributed by atoms with Crippen molar-refractivity contribution in [2.75, 3.05) is 4.90 Å². The quantitative estimate of drug-likeness (QED) is 0.248. The van der Waals surface area contributed by atoms with Crippen molar-refractivity contribution in [2.24, 2.45) is 0 Å². The van der Waals surface area contributed by atoms with Gasteiger partial charge in [-0.2, -0.15) is 0 Å². The van der Waals surface area contributed by atoms with E-state index in [1.807, 2.05) is 6.92 Å². The summed E-state index contributed by atoms with van der Waals surface area (Å²) in [5, 5.41) is 11.2. The maximum absolute atomic E-state index is 13.7. The number of amides is 1. The van der Waals surface area contributed by atoms with E-state index in [2.05, 4.69) is 4.98 Å². The van der Waals surface area contributed by atoms with Crippen LogP contribution in [0.1, 0.15) is 22.7 Å². The van der Waals surface area contributed by atoms with E-state index in [1.54, 1.807) is 24.3 Å². The highest BCUT2D eigenvalue weighted by atomic mass is 32.1. The minimum absolute atomic E-state index is 0.124. The number of rotatable bonds is 3. The molecule has 1 aromatic heterocycles. The summed E-state index contributed by atoms with van der Waals surface area (Å²) in [5.41, 5.74) is 2.10. The van der Waals surface area contributed by atoms with Crippen LogP contribution in [0.2, 0.25) is 0 Å². The molecule has 1 N–H and O–H groups in total. The summed E-state index contributed by atoms with van der Waals surface area (Å²) in [6.45, 7) is 1.89. The molecule has 5 nitrogen and oxygen atoms in total. The van der Waals surface area contributed by atoms with Crippen molar-refractivity contribution in [2.45, 2.75) is 13.0 Å². The largest absolute Gasteiger partial charge is 0.507 e. The number of carbonyl (C=O) groups excluding carboxylic acids is 2. The monoisotopic (exact) mass is 462 g/mol. The van der Waals surface area contributed by atoms with Gasteiger partial charge in [0.05, 0.1) is 21.8 Å². The van der Waals surface area contributed by atoms with Crippen molar-refractivity contribution in [3.63, 3.8) is 0 Å². The van der Waals surface area contributed by atoms with Gasteiger partial charge in [0.2, 0.25) is 0 Å². The lowest BCUT2D eigenvalue weighted by Crippen LogP contribution is -2.29. The van der Waals surface area contributed by atoms with Crippen LogP contribution in [-0.4, -0.2) is 21.8 Å². The first-order valence-electron chi connectivity index (χ1n) is 10.0. The molecule has 1 atom stereocenters. The molecular weight excluding hydrogens is 446 g/mol. The van der Waals surface area contributed by atoms with Crippen LogP contribution >= 0.6 is 11.3 Å². The third-order valence-corrected chi connectivity index (χ3v) is 6.52. The highest BCUT2D eigenvalue weighted by Crippen LogP contribution is 2.44. The van der Waals surface area contributed by atoms with E-state index >= 15 is 0 Å². The molecule has 1 aliphatic rings. The second kappa shape index (κ2) is 7.90. The molecule has 0 bridgehead atoms. The van der Waals surface area contributed by atoms with E-state index in [0.717, 1.165) is 16.9 Å². The van der Waals surface area contributed by atoms with Crippen LogP contribution < -0.4 is 4.90 Å². The number of aryl methyl sites for hydroxylation is 1. The number of halogens is 2. The summed E-state index contributed by atoms with van der Waals surface area (Å²) >= 11 is 1.05. The molecule has 2 heterocycles. The molecule has 1 aliphatic heterocycles. The molecule has 0 aliphatic carbocycles. The standard InChI is InChI=1S/C25H16F2N2O3S/c1-13-2-4-15(5-3-13)22(30)20-21(14-6-8-16(26)9-7-14)29(24(32)23(20)31)25-28-18-11-10-17(27)12-19(18)33-25/h2-12,21,30H,1H3/b22-20+/t21-/m1/s1. The zero-order valence-electron chi connectivity index (χ0n) is 17.3. The zero-order chi connectivity index (χ0) is 23.3. The zero-order valence-corrected chi connectivity index (χ0v) is 18.1. The number of thiazole rings is 1. The molecule has 1 fully saturated rings. The first kappa shape index (κ1) is 21.0. The summed E-state index contributed by atoms with van der Waals surface area (Å²) in [6, 6.07) is 15.2. The number of carbonyl (C=O) groups is 2. The Labute approximate surface area is 191 Å². The number of aliphatic hydroxyl groups is 1. The van der Waals surface area contributed by atoms with Gasteiger partial charge in [0, 0.05) is 5.56 Å². The van der Waals surface area contributed by atoms with Crippen LogP contribution in [0.15, 0.2) is 72.3 Å². The minimum Gasteiger partial charge on any atom is -0.507 e. The number of anilines is 1. The number of ketones is 1. The highest BCUT2D eigenvalue weighted by Gasteiger charge is 2.48. The van der Waals surface area contributed by atoms with Crippen molar-refractivity contribution in [1.82, 2.24) is 4.98 Å². The van der Waals surface area contributed by atoms with Crippen molar-refractivity contribution in [3.8, 4) is 0 Å². The highest BCUT2D eigenvalue weighted by molar-refractivity contribution is 7.22. The SMILES string of the molecule is Cc1ccc(/C(O)=C2\C(=O)C(=O)N(c3nc4ccc(F)cc4s3)[C@@H]2c2ccc(F)cc2)cc1. The van der Waals surface area contributed by atoms with Gasteiger partial charge in [-0.05, 0) is 42.8 Å². The van der Waals surface area contributed by atoms with Gasteiger partial charge in [0.25, 0.3) is 5.78 Å². The van der Waals surface area contributed by atoms with Gasteiger partial charge in [0.15, 0.2) is 5.13 Å². The second-order valence-corrected chi connectivity index (χ2v) is 8.70. The Bertz CT molecular complexity index is 1440. The van der Waals surface area contributed by atoms with E-state index in [-0.39, 0.29) is 16.5 Å². The lowest BCUT2D eigenvalue weighted by atomic mass is 9.95. The van der Waals surface area contributed by atoms with E-state index in [1.165, 1.54) is 47.4 Å². The van der Waals surface area contributed by atoms with E-state index in [9.17, 15) is 23.5 Å². The van der Waals surface area contributed by atoms with Crippen LogP contribution in [0.5, 0.6) is 0 Å². The first-order chi connectivity index (χ1) is 15.8. The molecule has 0 spiro atoms. The molecule has 164 valence electrons. The molecule has 1 amide bonds. The summed E-state index contributed by atoms with van der Waals surface area (Å²) in [6.07, 6.45) is 0. The fourth-order valence-electron chi connectivity index (χ4n) is 3.85. The summed E-state index contributed by atoms with van der Waals surface area (Å²) < 4.78 is 27.8. The van der Waals surface area contributed by atoms with Crippen LogP contribution in [-0.2, 0) is 9.59 Å². The average molecular weight is 462 g/mol. The van der Waals surface area contributed by atoms with E-state index < -0.39 is 29.4 Å². The molecule has 5 rings (SSSR count). The third kappa shape index (κ3) is 3.58. The van der Waals surface area contributed by atoms with Crippen molar-refractivity contribution < 1.29 is 23.5 Å². The Hall–Kier alpha value is -3.91. The number of benzene rings is 3. The second-order valence-electron chi connectivity index (χ2n) is 7.70. The van der Waals surface area contributed by atoms with Gasteiger partial charge in [-0.15, -0.1) is 0 Å². The first-order valence-corrected chi connectivity index (χ1v) is 10.8. The Morgan fingerprint density at radius 2 is 1.64 bits per heavy atom. The minimum atomic E-state index is -1.03. The number of hydrogen-bond acceptors (Lipinski definition) is 5. The van der Waals surface area contributed by atoms with Gasteiger partial charge in [-0.3, -0.25) is 14.5 Å². The van der Waals surface area contributed by atoms with Crippen LogP contribution in [0.25, 0.3) is 16.0 Å². The molecule has 0 radical (unpaired) electrons. The number of Topliss-reactive ketones (excluding diaryl/α,β-unsaturated/α-hetero) is 1. The van der Waals surface area contributed by atoms with Gasteiger partial charge >= 0.3 is 5.91 Å². The molecule has 33 heavy (non-hydrogen) atoms. The number of fused-ring (bicyclic) bond motifs is 1. The van der Waals surface area contributed by atoms with Gasteiger partial charge in [0.1, 0.15) is 17.4 Å². The van der Waals surface area contributed by atoms with Gasteiger partial charge < -0.3 is 5.11 Å². The fourth-order valence-corrected chi connectivity index (χ4v) is 4.86. The number of nitrogens with zero attached hydrogens (tertiary/aromatic N) is 2. The topological polar surface area (TPSA) is 70.5 Å². The van der Waals surface area contributed by atoms with Gasteiger partial charge in [-0.25, -0.2) is 13.8 Å². The third-order valence-electron chi connectivity index (χ3n) is 5.50. The van der Waals surface area contributed by atoms with Crippen LogP contribution in [0.3, 0.4) is 0 Å². The molecule has 1 saturated heterocycles. The maximum Gasteiger partial charge on any atom is 0.301 e. The summed E-state index contributed by atoms with van der Waals surface area (Å²) in [7, 11) is 0. The fraction of sp³-hybridized carbons (Fsp3) is 0.0800. The van der Waals surface area contributed by atoms with E-state index in [4.69, 9.17) is 0 Å². The van der Waals surface area contributed by atoms with Crippen LogP contribution in [0, 0.1) is 18.6 Å². The lowest BCUT2D eigenvalue weighted by Gasteiger charge is -2.23. The number of hydrogen-bond donors (Lipinski definition) is 1. The summed E-state index contributed by atoms with van der Waals surface area (Å²) in [4.78, 5) is 31.9. The predicted molar refractivity (Wildman–Crippen MR) is 122 cm³/mol. The molecule has 0 saturated carbocycles. The normalized spacial score (nSPS) is 17.8. The molecule has 4 aromatic rings. The van der Waals surface area contributed by atoms with E-state index in [0.29, 0.717) is 21.3 Å². The molecule has 8 heteroatoms. The number of aromatic nitrogens is 1. The smallest absolute Gasteiger partial charge is 0.301 e. The molecular formula is C25H16F2N2O3S. The van der Waals surface area contributed by atoms with Crippen molar-refractivity contribution in [1.29, 1.82) is 0 Å². The Kier molecular flexibility index (Phi) is 5.02.